The van der Waals surface area contributed by atoms with Gasteiger partial charge in [-0.15, -0.1) is 0 Å². The molecule has 0 radical (unpaired) electrons. The van der Waals surface area contributed by atoms with Crippen molar-refractivity contribution in [1.29, 1.82) is 0 Å². The molecule has 0 bridgehead atoms. The van der Waals surface area contributed by atoms with Crippen LogP contribution in [0.2, 0.25) is 0 Å². The first-order valence-electron chi connectivity index (χ1n) is 8.95. The average Bonchev–Trinajstić information content (AvgIpc) is 3.07. The number of aryl methyl sites for hydroxylation is 2. The predicted octanol–water partition coefficient (Wildman–Crippen LogP) is 4.94. The Balaban J connectivity index is 1.73. The molecule has 0 saturated heterocycles. The number of unbranched alkanes of at least 4 members (excludes halogenated alkanes) is 1. The molecular formula is C21H29NO2. The van der Waals surface area contributed by atoms with Crippen molar-refractivity contribution in [2.45, 2.75) is 64.3 Å². The van der Waals surface area contributed by atoms with E-state index in [1.54, 1.807) is 6.07 Å². The quantitative estimate of drug-likeness (QED) is 0.497. The van der Waals surface area contributed by atoms with Gasteiger partial charge >= 0.3 is 0 Å². The highest BCUT2D eigenvalue weighted by Gasteiger charge is 2.17. The normalized spacial score (nSPS) is 13.6. The molecule has 24 heavy (non-hydrogen) atoms. The van der Waals surface area contributed by atoms with E-state index in [0.29, 0.717) is 12.2 Å². The summed E-state index contributed by atoms with van der Waals surface area (Å²) in [6, 6.07) is 14.1. The number of carbonyl (C=O) groups excluding carboxylic acids is 1. The molecule has 1 atom stereocenters. The van der Waals surface area contributed by atoms with E-state index >= 15 is 0 Å². The molecule has 1 unspecified atom stereocenters. The topological polar surface area (TPSA) is 56.2 Å². The van der Waals surface area contributed by atoms with Crippen LogP contribution >= 0.6 is 0 Å². The second kappa shape index (κ2) is 8.84. The predicted molar refractivity (Wildman–Crippen MR) is 98.2 cm³/mol. The Morgan fingerprint density at radius 2 is 1.83 bits per heavy atom. The van der Waals surface area contributed by atoms with Crippen molar-refractivity contribution in [1.82, 2.24) is 0 Å². The Bertz CT molecular complexity index is 628. The van der Waals surface area contributed by atoms with Crippen LogP contribution in [0.1, 0.15) is 67.8 Å². The lowest BCUT2D eigenvalue weighted by molar-refractivity contribution is 0.0950. The molecule has 3 nitrogen and oxygen atoms in total. The van der Waals surface area contributed by atoms with Crippen LogP contribution in [0.15, 0.2) is 46.9 Å². The molecular weight excluding hydrogens is 298 g/mol. The summed E-state index contributed by atoms with van der Waals surface area (Å²) in [5.74, 6) is 1.44. The molecule has 0 aliphatic heterocycles. The number of rotatable bonds is 10. The van der Waals surface area contributed by atoms with Crippen molar-refractivity contribution in [2.75, 3.05) is 0 Å². The van der Waals surface area contributed by atoms with Gasteiger partial charge in [0.15, 0.2) is 11.5 Å². The van der Waals surface area contributed by atoms with Crippen molar-refractivity contribution in [3.8, 4) is 0 Å². The summed E-state index contributed by atoms with van der Waals surface area (Å²) in [6.45, 7) is 4.14. The van der Waals surface area contributed by atoms with Crippen LogP contribution in [0.4, 0.5) is 0 Å². The highest BCUT2D eigenvalue weighted by Crippen LogP contribution is 2.18. The van der Waals surface area contributed by atoms with Gasteiger partial charge in [-0.25, -0.2) is 0 Å². The van der Waals surface area contributed by atoms with Crippen LogP contribution in [0.25, 0.3) is 0 Å². The minimum absolute atomic E-state index is 0.0975. The number of furan rings is 1. The van der Waals surface area contributed by atoms with Gasteiger partial charge in [0.1, 0.15) is 5.76 Å². The molecule has 0 saturated carbocycles. The second-order valence-corrected chi connectivity index (χ2v) is 6.89. The standard InChI is InChI=1S/C21H29NO2/c1-3-21(2,22)16-15-18-13-14-20(24-18)19(23)12-8-7-11-17-9-5-4-6-10-17/h4-6,9-10,13-14H,3,7-8,11-12,15-16,22H2,1-2H3. The number of hydrogen-bond donors (Lipinski definition) is 1. The molecule has 1 aromatic heterocycles. The van der Waals surface area contributed by atoms with Crippen molar-refractivity contribution in [3.05, 3.63) is 59.5 Å². The highest BCUT2D eigenvalue weighted by atomic mass is 16.3. The Morgan fingerprint density at radius 3 is 2.54 bits per heavy atom. The molecule has 1 heterocycles. The lowest BCUT2D eigenvalue weighted by Gasteiger charge is -2.21. The zero-order valence-corrected chi connectivity index (χ0v) is 14.9. The van der Waals surface area contributed by atoms with Crippen molar-refractivity contribution in [3.63, 3.8) is 0 Å². The molecule has 0 amide bonds. The maximum Gasteiger partial charge on any atom is 0.197 e. The number of ketones is 1. The first kappa shape index (κ1) is 18.5. The lowest BCUT2D eigenvalue weighted by Crippen LogP contribution is -2.35. The van der Waals surface area contributed by atoms with Gasteiger partial charge in [-0.05, 0) is 56.7 Å². The van der Waals surface area contributed by atoms with E-state index < -0.39 is 0 Å². The first-order chi connectivity index (χ1) is 11.5. The van der Waals surface area contributed by atoms with Crippen LogP contribution in [0.5, 0.6) is 0 Å². The van der Waals surface area contributed by atoms with Gasteiger partial charge < -0.3 is 10.2 Å². The highest BCUT2D eigenvalue weighted by molar-refractivity contribution is 5.93. The molecule has 2 aromatic rings. The fourth-order valence-electron chi connectivity index (χ4n) is 2.63. The summed E-state index contributed by atoms with van der Waals surface area (Å²) in [5.41, 5.74) is 7.30. The molecule has 0 spiro atoms. The zero-order chi connectivity index (χ0) is 17.4. The number of benzene rings is 1. The smallest absolute Gasteiger partial charge is 0.197 e. The van der Waals surface area contributed by atoms with Gasteiger partial charge in [-0.2, -0.15) is 0 Å². The Morgan fingerprint density at radius 1 is 1.08 bits per heavy atom. The summed E-state index contributed by atoms with van der Waals surface area (Å²) in [5, 5.41) is 0. The van der Waals surface area contributed by atoms with Gasteiger partial charge in [0, 0.05) is 18.4 Å². The molecule has 0 fully saturated rings. The fourth-order valence-corrected chi connectivity index (χ4v) is 2.63. The average molecular weight is 327 g/mol. The van der Waals surface area contributed by atoms with E-state index in [9.17, 15) is 4.79 Å². The van der Waals surface area contributed by atoms with E-state index in [1.165, 1.54) is 5.56 Å². The van der Waals surface area contributed by atoms with Gasteiger partial charge in [0.25, 0.3) is 0 Å². The summed E-state index contributed by atoms with van der Waals surface area (Å²) in [7, 11) is 0. The van der Waals surface area contributed by atoms with Crippen molar-refractivity contribution in [2.24, 2.45) is 5.73 Å². The first-order valence-corrected chi connectivity index (χ1v) is 8.95. The molecule has 2 rings (SSSR count). The summed E-state index contributed by atoms with van der Waals surface area (Å²) in [6.07, 6.45) is 6.05. The Kier molecular flexibility index (Phi) is 6.80. The Hall–Kier alpha value is -1.87. The lowest BCUT2D eigenvalue weighted by atomic mass is 9.94. The molecule has 3 heteroatoms. The van der Waals surface area contributed by atoms with Gasteiger partial charge in [-0.1, -0.05) is 37.3 Å². The van der Waals surface area contributed by atoms with Gasteiger partial charge in [0.2, 0.25) is 0 Å². The minimum Gasteiger partial charge on any atom is -0.458 e. The van der Waals surface area contributed by atoms with E-state index in [2.05, 4.69) is 38.1 Å². The number of Topliss-reactive ketones (excluding diaryl/α,β-unsaturated/α-hetero) is 1. The molecule has 0 aliphatic carbocycles. The van der Waals surface area contributed by atoms with E-state index in [1.807, 2.05) is 12.1 Å². The third-order valence-corrected chi connectivity index (χ3v) is 4.65. The number of carbonyl (C=O) groups is 1. The minimum atomic E-state index is -0.172. The summed E-state index contributed by atoms with van der Waals surface area (Å²) < 4.78 is 5.70. The maximum atomic E-state index is 12.2. The van der Waals surface area contributed by atoms with Crippen LogP contribution in [0.3, 0.4) is 0 Å². The van der Waals surface area contributed by atoms with Crippen LogP contribution < -0.4 is 5.73 Å². The number of hydrogen-bond acceptors (Lipinski definition) is 3. The monoisotopic (exact) mass is 327 g/mol. The largest absolute Gasteiger partial charge is 0.458 e. The van der Waals surface area contributed by atoms with Crippen LogP contribution in [-0.2, 0) is 12.8 Å². The number of nitrogens with two attached hydrogens (primary N) is 1. The second-order valence-electron chi connectivity index (χ2n) is 6.89. The SMILES string of the molecule is CCC(C)(N)CCc1ccc(C(=O)CCCCc2ccccc2)o1. The molecule has 2 N–H and O–H groups in total. The fraction of sp³-hybridized carbons (Fsp3) is 0.476. The Labute approximate surface area is 145 Å². The van der Waals surface area contributed by atoms with E-state index in [4.69, 9.17) is 10.2 Å². The summed E-state index contributed by atoms with van der Waals surface area (Å²) in [4.78, 5) is 12.2. The van der Waals surface area contributed by atoms with Crippen molar-refractivity contribution >= 4 is 5.78 Å². The van der Waals surface area contributed by atoms with E-state index in [-0.39, 0.29) is 11.3 Å². The zero-order valence-electron chi connectivity index (χ0n) is 14.9. The van der Waals surface area contributed by atoms with Gasteiger partial charge in [0.05, 0.1) is 0 Å². The maximum absolute atomic E-state index is 12.2. The van der Waals surface area contributed by atoms with E-state index in [0.717, 1.165) is 44.3 Å². The summed E-state index contributed by atoms with van der Waals surface area (Å²) >= 11 is 0. The van der Waals surface area contributed by atoms with Gasteiger partial charge in [-0.3, -0.25) is 4.79 Å². The molecule has 1 aromatic carbocycles. The molecule has 0 aliphatic rings. The van der Waals surface area contributed by atoms with Crippen LogP contribution in [-0.4, -0.2) is 11.3 Å². The molecule has 130 valence electrons. The van der Waals surface area contributed by atoms with Crippen molar-refractivity contribution < 1.29 is 9.21 Å². The third kappa shape index (κ3) is 5.97. The van der Waals surface area contributed by atoms with Crippen LogP contribution in [0, 0.1) is 0 Å². The third-order valence-electron chi connectivity index (χ3n) is 4.65.